The molecule has 1 atom stereocenters. The number of benzene rings is 2. The van der Waals surface area contributed by atoms with E-state index in [-0.39, 0.29) is 45.8 Å². The van der Waals surface area contributed by atoms with E-state index in [9.17, 15) is 14.7 Å². The van der Waals surface area contributed by atoms with Crippen LogP contribution in [0.25, 0.3) is 5.76 Å². The SMILES string of the molecule is COCCN1C(=O)C(=O)/C(=C(/O)c2cc(Cl)c(OC)c(Cl)c2)C1c1ccccc1. The van der Waals surface area contributed by atoms with Crippen molar-refractivity contribution in [2.24, 2.45) is 0 Å². The average Bonchev–Trinajstić information content (AvgIpc) is 2.96. The molecule has 6 nitrogen and oxygen atoms in total. The van der Waals surface area contributed by atoms with Crippen LogP contribution in [0.4, 0.5) is 0 Å². The summed E-state index contributed by atoms with van der Waals surface area (Å²) in [6.45, 7) is 0.443. The van der Waals surface area contributed by atoms with Gasteiger partial charge in [-0.1, -0.05) is 53.5 Å². The molecule has 0 bridgehead atoms. The Morgan fingerprint density at radius 3 is 2.28 bits per heavy atom. The van der Waals surface area contributed by atoms with Gasteiger partial charge < -0.3 is 19.5 Å². The molecule has 1 unspecified atom stereocenters. The first-order valence-corrected chi connectivity index (χ1v) is 9.52. The largest absolute Gasteiger partial charge is 0.507 e. The lowest BCUT2D eigenvalue weighted by atomic mass is 9.95. The molecular formula is C21H19Cl2NO5. The fourth-order valence-corrected chi connectivity index (χ4v) is 3.97. The Bertz CT molecular complexity index is 951. The zero-order valence-electron chi connectivity index (χ0n) is 15.8. The number of aliphatic hydroxyl groups is 1. The first-order chi connectivity index (χ1) is 13.9. The van der Waals surface area contributed by atoms with Gasteiger partial charge in [-0.2, -0.15) is 0 Å². The molecule has 0 spiro atoms. The molecule has 29 heavy (non-hydrogen) atoms. The van der Waals surface area contributed by atoms with Gasteiger partial charge in [-0.05, 0) is 17.7 Å². The van der Waals surface area contributed by atoms with Crippen LogP contribution in [-0.2, 0) is 14.3 Å². The summed E-state index contributed by atoms with van der Waals surface area (Å²) in [7, 11) is 2.93. The van der Waals surface area contributed by atoms with Gasteiger partial charge in [0.2, 0.25) is 0 Å². The molecule has 0 saturated carbocycles. The summed E-state index contributed by atoms with van der Waals surface area (Å²) < 4.78 is 10.2. The number of Topliss-reactive ketones (excluding diaryl/α,β-unsaturated/α-hetero) is 1. The van der Waals surface area contributed by atoms with Gasteiger partial charge in [0, 0.05) is 19.2 Å². The summed E-state index contributed by atoms with van der Waals surface area (Å²) in [5.41, 5.74) is 0.871. The molecule has 2 aromatic rings. The number of ketones is 1. The lowest BCUT2D eigenvalue weighted by Crippen LogP contribution is -2.32. The summed E-state index contributed by atoms with van der Waals surface area (Å²) in [6, 6.07) is 11.1. The molecule has 1 amide bonds. The van der Waals surface area contributed by atoms with Gasteiger partial charge in [0.1, 0.15) is 5.76 Å². The number of ether oxygens (including phenoxy) is 2. The molecule has 1 saturated heterocycles. The third-order valence-corrected chi connectivity index (χ3v) is 5.23. The van der Waals surface area contributed by atoms with Crippen molar-refractivity contribution in [1.82, 2.24) is 4.90 Å². The Labute approximate surface area is 178 Å². The van der Waals surface area contributed by atoms with E-state index in [1.807, 2.05) is 6.07 Å². The quantitative estimate of drug-likeness (QED) is 0.420. The van der Waals surface area contributed by atoms with Crippen LogP contribution in [-0.4, -0.2) is 49.1 Å². The smallest absolute Gasteiger partial charge is 0.295 e. The van der Waals surface area contributed by atoms with Crippen molar-refractivity contribution in [2.45, 2.75) is 6.04 Å². The molecule has 0 radical (unpaired) electrons. The first kappa shape index (κ1) is 21.2. The Morgan fingerprint density at radius 1 is 1.10 bits per heavy atom. The van der Waals surface area contributed by atoms with Crippen LogP contribution >= 0.6 is 23.2 Å². The summed E-state index contributed by atoms with van der Waals surface area (Å²) in [5.74, 6) is -1.59. The summed E-state index contributed by atoms with van der Waals surface area (Å²) in [6.07, 6.45) is 0. The van der Waals surface area contributed by atoms with Gasteiger partial charge in [0.05, 0.1) is 35.4 Å². The second-order valence-corrected chi connectivity index (χ2v) is 7.18. The van der Waals surface area contributed by atoms with Crippen LogP contribution in [0.1, 0.15) is 17.2 Å². The number of nitrogens with zero attached hydrogens (tertiary/aromatic N) is 1. The predicted octanol–water partition coefficient (Wildman–Crippen LogP) is 4.07. The second-order valence-electron chi connectivity index (χ2n) is 6.37. The van der Waals surface area contributed by atoms with E-state index in [0.29, 0.717) is 5.56 Å². The van der Waals surface area contributed by atoms with Crippen molar-refractivity contribution in [3.63, 3.8) is 0 Å². The summed E-state index contributed by atoms with van der Waals surface area (Å²) in [5, 5.41) is 11.3. The van der Waals surface area contributed by atoms with Gasteiger partial charge in [0.15, 0.2) is 5.75 Å². The average molecular weight is 436 g/mol. The molecule has 1 fully saturated rings. The first-order valence-electron chi connectivity index (χ1n) is 8.76. The van der Waals surface area contributed by atoms with Crippen LogP contribution in [0.5, 0.6) is 5.75 Å². The number of hydrogen-bond acceptors (Lipinski definition) is 5. The van der Waals surface area contributed by atoms with Gasteiger partial charge in [-0.15, -0.1) is 0 Å². The Kier molecular flexibility index (Phi) is 6.47. The molecule has 3 rings (SSSR count). The third-order valence-electron chi connectivity index (χ3n) is 4.67. The lowest BCUT2D eigenvalue weighted by molar-refractivity contribution is -0.140. The maximum Gasteiger partial charge on any atom is 0.295 e. The third kappa shape index (κ3) is 3.96. The molecule has 1 aliphatic heterocycles. The minimum Gasteiger partial charge on any atom is -0.507 e. The topological polar surface area (TPSA) is 76.1 Å². The number of halogens is 2. The van der Waals surface area contributed by atoms with Crippen molar-refractivity contribution in [2.75, 3.05) is 27.4 Å². The van der Waals surface area contributed by atoms with Crippen molar-refractivity contribution >= 4 is 40.7 Å². The van der Waals surface area contributed by atoms with E-state index in [1.165, 1.54) is 31.3 Å². The van der Waals surface area contributed by atoms with E-state index in [2.05, 4.69) is 0 Å². The number of carbonyl (C=O) groups excluding carboxylic acids is 2. The van der Waals surface area contributed by atoms with E-state index in [0.717, 1.165) is 0 Å². The van der Waals surface area contributed by atoms with E-state index < -0.39 is 17.7 Å². The summed E-state index contributed by atoms with van der Waals surface area (Å²) >= 11 is 12.4. The molecule has 1 heterocycles. The molecule has 8 heteroatoms. The maximum absolute atomic E-state index is 12.8. The molecule has 0 aromatic heterocycles. The fraction of sp³-hybridized carbons (Fsp3) is 0.238. The van der Waals surface area contributed by atoms with Crippen molar-refractivity contribution < 1.29 is 24.2 Å². The minimum absolute atomic E-state index is 0.0328. The normalized spacial score (nSPS) is 18.3. The van der Waals surface area contributed by atoms with E-state index in [1.54, 1.807) is 24.3 Å². The Hall–Kier alpha value is -2.54. The highest BCUT2D eigenvalue weighted by Gasteiger charge is 2.45. The van der Waals surface area contributed by atoms with Crippen molar-refractivity contribution in [1.29, 1.82) is 0 Å². The Balaban J connectivity index is 2.18. The van der Waals surface area contributed by atoms with Crippen molar-refractivity contribution in [3.05, 3.63) is 69.2 Å². The van der Waals surface area contributed by atoms with Crippen LogP contribution in [0.15, 0.2) is 48.0 Å². The van der Waals surface area contributed by atoms with Crippen LogP contribution < -0.4 is 4.74 Å². The number of carbonyl (C=O) groups is 2. The second kappa shape index (κ2) is 8.86. The number of amides is 1. The zero-order chi connectivity index (χ0) is 21.1. The van der Waals surface area contributed by atoms with Gasteiger partial charge >= 0.3 is 0 Å². The van der Waals surface area contributed by atoms with Gasteiger partial charge in [0.25, 0.3) is 11.7 Å². The maximum atomic E-state index is 12.8. The number of aliphatic hydroxyl groups excluding tert-OH is 1. The molecule has 1 N–H and O–H groups in total. The van der Waals surface area contributed by atoms with Gasteiger partial charge in [-0.25, -0.2) is 0 Å². The molecule has 2 aromatic carbocycles. The highest BCUT2D eigenvalue weighted by atomic mass is 35.5. The highest BCUT2D eigenvalue weighted by Crippen LogP contribution is 2.41. The molecule has 1 aliphatic rings. The minimum atomic E-state index is -0.782. The standard InChI is InChI=1S/C21H19Cl2NO5/c1-28-9-8-24-17(12-6-4-3-5-7-12)16(19(26)21(24)27)18(25)13-10-14(22)20(29-2)15(23)11-13/h3-7,10-11,17,25H,8-9H2,1-2H3/b18-16+. The van der Waals surface area contributed by atoms with Crippen molar-refractivity contribution in [3.8, 4) is 5.75 Å². The van der Waals surface area contributed by atoms with E-state index in [4.69, 9.17) is 32.7 Å². The monoisotopic (exact) mass is 435 g/mol. The molecular weight excluding hydrogens is 417 g/mol. The Morgan fingerprint density at radius 2 is 1.72 bits per heavy atom. The van der Waals surface area contributed by atoms with Gasteiger partial charge in [-0.3, -0.25) is 9.59 Å². The number of methoxy groups -OCH3 is 2. The van der Waals surface area contributed by atoms with Crippen LogP contribution in [0, 0.1) is 0 Å². The highest BCUT2D eigenvalue weighted by molar-refractivity contribution is 6.46. The summed E-state index contributed by atoms with van der Waals surface area (Å²) in [4.78, 5) is 26.9. The molecule has 152 valence electrons. The number of hydrogen-bond donors (Lipinski definition) is 1. The van der Waals surface area contributed by atoms with E-state index >= 15 is 0 Å². The zero-order valence-corrected chi connectivity index (χ0v) is 17.3. The number of rotatable bonds is 6. The number of likely N-dealkylation sites (tertiary alicyclic amines) is 1. The fourth-order valence-electron chi connectivity index (χ4n) is 3.33. The lowest BCUT2D eigenvalue weighted by Gasteiger charge is -2.25. The van der Waals surface area contributed by atoms with Crippen LogP contribution in [0.2, 0.25) is 10.0 Å². The van der Waals surface area contributed by atoms with Crippen LogP contribution in [0.3, 0.4) is 0 Å². The molecule has 0 aliphatic carbocycles. The predicted molar refractivity (Wildman–Crippen MR) is 110 cm³/mol.